The van der Waals surface area contributed by atoms with E-state index in [0.29, 0.717) is 30.4 Å². The van der Waals surface area contributed by atoms with Crippen LogP contribution in [-0.4, -0.2) is 162 Å². The highest BCUT2D eigenvalue weighted by Gasteiger charge is 2.36. The lowest BCUT2D eigenvalue weighted by Gasteiger charge is -2.29. The number of nitrogens with one attached hydrogen (secondary N) is 9. The fourth-order valence-electron chi connectivity index (χ4n) is 9.53. The van der Waals surface area contributed by atoms with Crippen molar-refractivity contribution < 1.29 is 62.6 Å². The summed E-state index contributed by atoms with van der Waals surface area (Å²) in [6.07, 6.45) is -0.499. The second-order valence-electron chi connectivity index (χ2n) is 24.0. The topological polar surface area (TPSA) is 566 Å². The van der Waals surface area contributed by atoms with Gasteiger partial charge in [0.1, 0.15) is 60.1 Å². The SMILES string of the molecule is CC(C)C[C@H](NC(=O)[C@H](CC(C)C)NC(=O)[C@H](CCCCN)NC(=O)[C@H](CCCN=C(N)N)NC(=O)[C@H](Cc1ccc(O)cc1)NC(=O)[C@H](CCC(N)=O)NC(=O)[C@H](CCC(N)=O)NC(=O)[C@@H](C)CCCN=C(N)N)C(=O)N[C@@H](Cc1ccccc1)C(=O)N[C@@H](C)C(N)=O. The van der Waals surface area contributed by atoms with Gasteiger partial charge in [-0.15, -0.1) is 0 Å². The van der Waals surface area contributed by atoms with Crippen molar-refractivity contribution in [3.63, 3.8) is 0 Å². The molecule has 12 amide bonds. The first-order chi connectivity index (χ1) is 44.3. The first-order valence-corrected chi connectivity index (χ1v) is 31.5. The van der Waals surface area contributed by atoms with Crippen molar-refractivity contribution in [3.8, 4) is 5.75 Å². The van der Waals surface area contributed by atoms with Gasteiger partial charge in [-0.3, -0.25) is 67.5 Å². The van der Waals surface area contributed by atoms with Gasteiger partial charge in [-0.1, -0.05) is 77.1 Å². The third kappa shape index (κ3) is 32.6. The lowest BCUT2D eigenvalue weighted by Crippen LogP contribution is -2.61. The minimum Gasteiger partial charge on any atom is -0.508 e. The molecule has 0 aliphatic heterocycles. The van der Waals surface area contributed by atoms with Crippen LogP contribution in [0.3, 0.4) is 0 Å². The number of phenolic OH excluding ortho intramolecular Hbond substituents is 1. The summed E-state index contributed by atoms with van der Waals surface area (Å²) >= 11 is 0. The fraction of sp³-hybridized carbons (Fsp3) is 0.581. The number of carbonyl (C=O) groups excluding carboxylic acids is 12. The number of nitrogens with zero attached hydrogens (tertiary/aromatic N) is 2. The summed E-state index contributed by atoms with van der Waals surface area (Å²) in [5.41, 5.74) is 45.2. The Hall–Kier alpha value is -9.62. The Labute approximate surface area is 548 Å². The minimum absolute atomic E-state index is 0.00779. The van der Waals surface area contributed by atoms with E-state index in [-0.39, 0.29) is 113 Å². The van der Waals surface area contributed by atoms with Gasteiger partial charge < -0.3 is 98.8 Å². The lowest BCUT2D eigenvalue weighted by molar-refractivity contribution is -0.136. The highest BCUT2D eigenvalue weighted by Crippen LogP contribution is 2.16. The summed E-state index contributed by atoms with van der Waals surface area (Å²) in [5, 5.41) is 34.0. The van der Waals surface area contributed by atoms with E-state index < -0.39 is 144 Å². The van der Waals surface area contributed by atoms with E-state index >= 15 is 0 Å². The summed E-state index contributed by atoms with van der Waals surface area (Å²) in [7, 11) is 0. The van der Waals surface area contributed by atoms with E-state index in [4.69, 9.17) is 45.9 Å². The van der Waals surface area contributed by atoms with E-state index in [2.05, 4.69) is 57.8 Å². The predicted octanol–water partition coefficient (Wildman–Crippen LogP) is -3.46. The zero-order chi connectivity index (χ0) is 70.6. The summed E-state index contributed by atoms with van der Waals surface area (Å²) in [4.78, 5) is 172. The molecule has 26 N–H and O–H groups in total. The molecule has 32 nitrogen and oxygen atoms in total. The Bertz CT molecular complexity index is 2890. The van der Waals surface area contributed by atoms with Crippen LogP contribution in [0.1, 0.15) is 136 Å². The molecular weight excluding hydrogens is 1220 g/mol. The van der Waals surface area contributed by atoms with Crippen LogP contribution in [0.25, 0.3) is 0 Å². The predicted molar refractivity (Wildman–Crippen MR) is 352 cm³/mol. The molecule has 0 heterocycles. The average molecular weight is 1320 g/mol. The van der Waals surface area contributed by atoms with Gasteiger partial charge in [0.05, 0.1) is 0 Å². The summed E-state index contributed by atoms with van der Waals surface area (Å²) in [6.45, 7) is 10.6. The van der Waals surface area contributed by atoms with Gasteiger partial charge >= 0.3 is 0 Å². The number of aliphatic imine (C=N–C) groups is 2. The number of benzene rings is 2. The number of unbranched alkanes of at least 4 members (excludes halogenated alkanes) is 1. The fourth-order valence-corrected chi connectivity index (χ4v) is 9.53. The number of nitrogens with two attached hydrogens (primary N) is 8. The number of aromatic hydroxyl groups is 1. The number of hydrogen-bond acceptors (Lipinski definition) is 16. The maximum Gasteiger partial charge on any atom is 0.243 e. The van der Waals surface area contributed by atoms with Crippen molar-refractivity contribution >= 4 is 82.8 Å². The highest BCUT2D eigenvalue weighted by molar-refractivity contribution is 5.99. The smallest absolute Gasteiger partial charge is 0.243 e. The molecule has 522 valence electrons. The number of guanidine groups is 2. The van der Waals surface area contributed by atoms with Gasteiger partial charge in [0, 0.05) is 44.7 Å². The zero-order valence-corrected chi connectivity index (χ0v) is 54.7. The molecule has 2 aromatic rings. The molecular formula is C62H101N19O13. The largest absolute Gasteiger partial charge is 0.508 e. The Morgan fingerprint density at radius 3 is 1.13 bits per heavy atom. The first kappa shape index (κ1) is 80.5. The standard InChI is InChI=1S/C62H101N19O13/c1-34(2)30-45(58(92)79-46(31-35(3)4)59(93)81-47(32-38-15-8-7-9-16-38)57(91)73-37(6)51(66)85)78-54(88)41(17-10-11-27-63)75-53(87)42(18-13-29-72-62(69)70)76-60(94)48(33-39-19-21-40(82)22-20-39)80-56(90)44(24-26-50(65)84)77-55(89)43(23-25-49(64)83)74-52(86)36(5)14-12-28-71-61(67)68/h7-9,15-16,19-22,34-37,41-48,82H,10-14,17-18,23-33,63H2,1-6H3,(H2,64,83)(H2,65,84)(H2,66,85)(H,73,91)(H,74,86)(H,75,87)(H,76,94)(H,77,89)(H,78,88)(H,79,92)(H,80,90)(H,81,93)(H4,67,68,71)(H4,69,70,72)/t36-,37-,41-,42-,43-,44-,45-,46-,47-,48-/m0/s1. The molecule has 0 saturated heterocycles. The van der Waals surface area contributed by atoms with Gasteiger partial charge in [-0.25, -0.2) is 0 Å². The van der Waals surface area contributed by atoms with Crippen LogP contribution in [0, 0.1) is 17.8 Å². The molecule has 2 rings (SSSR count). The number of carbonyl (C=O) groups is 12. The van der Waals surface area contributed by atoms with Crippen LogP contribution in [0.2, 0.25) is 0 Å². The summed E-state index contributed by atoms with van der Waals surface area (Å²) in [5.74, 6) is -11.6. The molecule has 0 bridgehead atoms. The van der Waals surface area contributed by atoms with Crippen LogP contribution in [0.5, 0.6) is 5.75 Å². The third-order valence-corrected chi connectivity index (χ3v) is 14.7. The molecule has 0 radical (unpaired) electrons. The van der Waals surface area contributed by atoms with Crippen molar-refractivity contribution in [3.05, 3.63) is 65.7 Å². The van der Waals surface area contributed by atoms with E-state index in [1.807, 2.05) is 13.8 Å². The maximum atomic E-state index is 14.8. The van der Waals surface area contributed by atoms with Crippen LogP contribution >= 0.6 is 0 Å². The molecule has 2 aromatic carbocycles. The second-order valence-corrected chi connectivity index (χ2v) is 24.0. The molecule has 10 atom stereocenters. The molecule has 0 saturated carbocycles. The molecule has 32 heteroatoms. The Morgan fingerprint density at radius 2 is 0.734 bits per heavy atom. The number of hydrogen-bond donors (Lipinski definition) is 18. The Morgan fingerprint density at radius 1 is 0.394 bits per heavy atom. The molecule has 0 aliphatic carbocycles. The van der Waals surface area contributed by atoms with Gasteiger partial charge in [-0.2, -0.15) is 0 Å². The molecule has 0 spiro atoms. The minimum atomic E-state index is -1.62. The zero-order valence-electron chi connectivity index (χ0n) is 54.7. The van der Waals surface area contributed by atoms with Crippen molar-refractivity contribution in [1.29, 1.82) is 0 Å². The average Bonchev–Trinajstić information content (AvgIpc) is 0.926. The van der Waals surface area contributed by atoms with Crippen molar-refractivity contribution in [2.75, 3.05) is 19.6 Å². The first-order valence-electron chi connectivity index (χ1n) is 31.5. The second kappa shape index (κ2) is 42.5. The molecule has 0 aromatic heterocycles. The quantitative estimate of drug-likeness (QED) is 0.0174. The van der Waals surface area contributed by atoms with E-state index in [9.17, 15) is 62.6 Å². The Kier molecular flexibility index (Phi) is 36.4. The number of rotatable bonds is 45. The van der Waals surface area contributed by atoms with Crippen LogP contribution in [-0.2, 0) is 70.4 Å². The molecule has 0 unspecified atom stereocenters. The Balaban J connectivity index is 2.62. The van der Waals surface area contributed by atoms with Crippen molar-refractivity contribution in [1.82, 2.24) is 47.9 Å². The van der Waals surface area contributed by atoms with Crippen molar-refractivity contribution in [2.24, 2.45) is 73.6 Å². The van der Waals surface area contributed by atoms with Gasteiger partial charge in [0.2, 0.25) is 70.9 Å². The molecule has 94 heavy (non-hydrogen) atoms. The van der Waals surface area contributed by atoms with E-state index in [1.54, 1.807) is 51.1 Å². The van der Waals surface area contributed by atoms with Gasteiger partial charge in [0.15, 0.2) is 11.9 Å². The normalized spacial score (nSPS) is 14.2. The van der Waals surface area contributed by atoms with Crippen LogP contribution in [0.4, 0.5) is 0 Å². The number of amides is 12. The van der Waals surface area contributed by atoms with Gasteiger partial charge in [0.25, 0.3) is 0 Å². The lowest BCUT2D eigenvalue weighted by atomic mass is 9.98. The van der Waals surface area contributed by atoms with E-state index in [0.717, 1.165) is 0 Å². The third-order valence-electron chi connectivity index (χ3n) is 14.7. The van der Waals surface area contributed by atoms with Crippen LogP contribution < -0.4 is 93.7 Å². The van der Waals surface area contributed by atoms with Crippen molar-refractivity contribution in [2.45, 2.75) is 192 Å². The van der Waals surface area contributed by atoms with E-state index in [1.165, 1.54) is 31.2 Å². The maximum absolute atomic E-state index is 14.8. The van der Waals surface area contributed by atoms with Crippen LogP contribution in [0.15, 0.2) is 64.6 Å². The summed E-state index contributed by atoms with van der Waals surface area (Å²) in [6, 6.07) is 1.93. The monoisotopic (exact) mass is 1320 g/mol. The van der Waals surface area contributed by atoms with Gasteiger partial charge in [-0.05, 0) is 119 Å². The molecule has 0 aliphatic rings. The number of primary amides is 3. The summed E-state index contributed by atoms with van der Waals surface area (Å²) < 4.78 is 0. The molecule has 0 fully saturated rings. The number of phenols is 1. The highest BCUT2D eigenvalue weighted by atomic mass is 16.3.